The van der Waals surface area contributed by atoms with E-state index in [9.17, 15) is 14.4 Å². The number of amides is 2. The summed E-state index contributed by atoms with van der Waals surface area (Å²) in [6.45, 7) is 1.65. The van der Waals surface area contributed by atoms with Crippen LogP contribution in [0.3, 0.4) is 0 Å². The Morgan fingerprint density at radius 2 is 1.68 bits per heavy atom. The lowest BCUT2D eigenvalue weighted by Crippen LogP contribution is -2.34. The second-order valence-corrected chi connectivity index (χ2v) is 8.33. The predicted molar refractivity (Wildman–Crippen MR) is 129 cm³/mol. The second-order valence-electron chi connectivity index (χ2n) is 8.33. The van der Waals surface area contributed by atoms with Crippen LogP contribution < -0.4 is 14.8 Å². The second kappa shape index (κ2) is 10.4. The lowest BCUT2D eigenvalue weighted by molar-refractivity contribution is -0.131. The fourth-order valence-electron chi connectivity index (χ4n) is 4.33. The molecule has 0 atom stereocenters. The number of likely N-dealkylation sites (tertiary alicyclic amines) is 1. The lowest BCUT2D eigenvalue weighted by atomic mass is 10.1. The van der Waals surface area contributed by atoms with Crippen molar-refractivity contribution in [3.8, 4) is 11.5 Å². The van der Waals surface area contributed by atoms with Gasteiger partial charge in [0.25, 0.3) is 11.7 Å². The van der Waals surface area contributed by atoms with E-state index in [0.717, 1.165) is 44.3 Å². The van der Waals surface area contributed by atoms with E-state index < -0.39 is 11.7 Å². The third kappa shape index (κ3) is 4.90. The molecular weight excluding hydrogens is 434 g/mol. The summed E-state index contributed by atoms with van der Waals surface area (Å²) in [7, 11) is 3.01. The van der Waals surface area contributed by atoms with E-state index in [-0.39, 0.29) is 18.0 Å². The molecule has 8 nitrogen and oxygen atoms in total. The zero-order valence-corrected chi connectivity index (χ0v) is 19.5. The van der Waals surface area contributed by atoms with Crippen molar-refractivity contribution in [2.75, 3.05) is 32.6 Å². The van der Waals surface area contributed by atoms with Gasteiger partial charge in [0.1, 0.15) is 18.0 Å². The molecule has 1 aliphatic rings. The molecule has 0 spiro atoms. The van der Waals surface area contributed by atoms with Crippen LogP contribution in [0.1, 0.15) is 36.0 Å². The van der Waals surface area contributed by atoms with Crippen molar-refractivity contribution in [1.82, 2.24) is 9.47 Å². The fourth-order valence-corrected chi connectivity index (χ4v) is 4.33. The molecule has 3 aromatic rings. The molecule has 34 heavy (non-hydrogen) atoms. The van der Waals surface area contributed by atoms with Crippen molar-refractivity contribution in [3.63, 3.8) is 0 Å². The third-order valence-corrected chi connectivity index (χ3v) is 6.16. The number of methoxy groups -OCH3 is 2. The van der Waals surface area contributed by atoms with E-state index in [1.165, 1.54) is 14.2 Å². The molecule has 0 bridgehead atoms. The van der Waals surface area contributed by atoms with E-state index in [0.29, 0.717) is 22.6 Å². The van der Waals surface area contributed by atoms with Gasteiger partial charge in [-0.3, -0.25) is 14.4 Å². The minimum atomic E-state index is -0.787. The molecule has 1 N–H and O–H groups in total. The number of benzene rings is 2. The number of hydrogen-bond donors (Lipinski definition) is 1. The number of Topliss-reactive ketones (excluding diaryl/α,β-unsaturated/α-hetero) is 1. The first-order valence-electron chi connectivity index (χ1n) is 11.4. The Morgan fingerprint density at radius 1 is 0.941 bits per heavy atom. The van der Waals surface area contributed by atoms with Gasteiger partial charge >= 0.3 is 0 Å². The molecule has 0 unspecified atom stereocenters. The molecule has 0 saturated carbocycles. The van der Waals surface area contributed by atoms with Crippen molar-refractivity contribution < 1.29 is 23.9 Å². The molecule has 1 saturated heterocycles. The number of anilines is 1. The number of ether oxygens (including phenoxy) is 2. The van der Waals surface area contributed by atoms with Crippen LogP contribution in [0.5, 0.6) is 11.5 Å². The standard InChI is InChI=1S/C26H29N3O5/c1-33-18-11-12-21(23(15-18)34-2)27-26(32)25(31)20-16-29(22-10-6-5-9-19(20)22)17-24(30)28-13-7-3-4-8-14-28/h5-6,9-12,15-16H,3-4,7-8,13-14,17H2,1-2H3,(H,27,32). The highest BCUT2D eigenvalue weighted by Crippen LogP contribution is 2.29. The Labute approximate surface area is 198 Å². The minimum absolute atomic E-state index is 0.0223. The first-order chi connectivity index (χ1) is 16.5. The van der Waals surface area contributed by atoms with Gasteiger partial charge in [0.2, 0.25) is 5.91 Å². The van der Waals surface area contributed by atoms with Crippen molar-refractivity contribution in [2.45, 2.75) is 32.2 Å². The summed E-state index contributed by atoms with van der Waals surface area (Å²) in [5.41, 5.74) is 1.36. The van der Waals surface area contributed by atoms with Crippen molar-refractivity contribution in [1.29, 1.82) is 0 Å². The van der Waals surface area contributed by atoms with Crippen molar-refractivity contribution >= 4 is 34.2 Å². The normalized spacial score (nSPS) is 13.9. The average Bonchev–Trinajstić information content (AvgIpc) is 3.02. The third-order valence-electron chi connectivity index (χ3n) is 6.16. The number of nitrogens with one attached hydrogen (secondary N) is 1. The summed E-state index contributed by atoms with van der Waals surface area (Å²) in [5, 5.41) is 3.26. The van der Waals surface area contributed by atoms with E-state index in [1.807, 2.05) is 23.1 Å². The van der Waals surface area contributed by atoms with Crippen LogP contribution in [0.4, 0.5) is 5.69 Å². The number of aromatic nitrogens is 1. The van der Waals surface area contributed by atoms with Gasteiger partial charge in [0.05, 0.1) is 25.5 Å². The lowest BCUT2D eigenvalue weighted by Gasteiger charge is -2.20. The Bertz CT molecular complexity index is 1210. The molecule has 4 rings (SSSR count). The van der Waals surface area contributed by atoms with E-state index >= 15 is 0 Å². The van der Waals surface area contributed by atoms with Crippen LogP contribution in [-0.4, -0.2) is 54.4 Å². The summed E-state index contributed by atoms with van der Waals surface area (Å²) in [6.07, 6.45) is 5.91. The predicted octanol–water partition coefficient (Wildman–Crippen LogP) is 3.88. The molecule has 8 heteroatoms. The molecule has 2 aromatic carbocycles. The van der Waals surface area contributed by atoms with Gasteiger partial charge in [-0.25, -0.2) is 0 Å². The average molecular weight is 464 g/mol. The maximum absolute atomic E-state index is 13.1. The van der Waals surface area contributed by atoms with Crippen molar-refractivity contribution in [3.05, 3.63) is 54.2 Å². The van der Waals surface area contributed by atoms with Gasteiger partial charge in [-0.1, -0.05) is 31.0 Å². The molecule has 0 radical (unpaired) electrons. The number of rotatable bonds is 7. The molecule has 2 heterocycles. The number of carbonyl (C=O) groups excluding carboxylic acids is 3. The quantitative estimate of drug-likeness (QED) is 0.424. The van der Waals surface area contributed by atoms with Crippen LogP contribution in [0.2, 0.25) is 0 Å². The van der Waals surface area contributed by atoms with E-state index in [1.54, 1.807) is 35.0 Å². The number of para-hydroxylation sites is 1. The van der Waals surface area contributed by atoms with Crippen LogP contribution in [0, 0.1) is 0 Å². The monoisotopic (exact) mass is 463 g/mol. The fraction of sp³-hybridized carbons (Fsp3) is 0.346. The maximum atomic E-state index is 13.1. The molecule has 1 fully saturated rings. The van der Waals surface area contributed by atoms with Crippen molar-refractivity contribution in [2.24, 2.45) is 0 Å². The smallest absolute Gasteiger partial charge is 0.296 e. The van der Waals surface area contributed by atoms with E-state index in [4.69, 9.17) is 9.47 Å². The molecule has 1 aromatic heterocycles. The molecule has 1 aliphatic heterocycles. The van der Waals surface area contributed by atoms with Crippen LogP contribution in [-0.2, 0) is 16.1 Å². The zero-order valence-electron chi connectivity index (χ0n) is 19.5. The summed E-state index contributed by atoms with van der Waals surface area (Å²) in [4.78, 5) is 40.9. The summed E-state index contributed by atoms with van der Waals surface area (Å²) < 4.78 is 12.2. The highest BCUT2D eigenvalue weighted by molar-refractivity contribution is 6.48. The van der Waals surface area contributed by atoms with Gasteiger partial charge in [-0.2, -0.15) is 0 Å². The Morgan fingerprint density at radius 3 is 2.38 bits per heavy atom. The number of fused-ring (bicyclic) bond motifs is 1. The number of hydrogen-bond acceptors (Lipinski definition) is 5. The summed E-state index contributed by atoms with van der Waals surface area (Å²) in [6, 6.07) is 12.2. The van der Waals surface area contributed by atoms with Gasteiger partial charge in [0.15, 0.2) is 0 Å². The highest BCUT2D eigenvalue weighted by atomic mass is 16.5. The zero-order chi connectivity index (χ0) is 24.1. The van der Waals surface area contributed by atoms with Crippen LogP contribution in [0.25, 0.3) is 10.9 Å². The highest BCUT2D eigenvalue weighted by Gasteiger charge is 2.24. The Kier molecular flexibility index (Phi) is 7.15. The van der Waals surface area contributed by atoms with Gasteiger partial charge < -0.3 is 24.3 Å². The van der Waals surface area contributed by atoms with Gasteiger partial charge in [-0.05, 0) is 31.0 Å². The molecule has 0 aliphatic carbocycles. The van der Waals surface area contributed by atoms with Crippen LogP contribution in [0.15, 0.2) is 48.7 Å². The first kappa shape index (κ1) is 23.4. The van der Waals surface area contributed by atoms with Gasteiger partial charge in [-0.15, -0.1) is 0 Å². The first-order valence-corrected chi connectivity index (χ1v) is 11.4. The largest absolute Gasteiger partial charge is 0.497 e. The molecule has 2 amide bonds. The maximum Gasteiger partial charge on any atom is 0.296 e. The minimum Gasteiger partial charge on any atom is -0.497 e. The Balaban J connectivity index is 1.57. The SMILES string of the molecule is COc1ccc(NC(=O)C(=O)c2cn(CC(=O)N3CCCCCC3)c3ccccc23)c(OC)c1. The number of carbonyl (C=O) groups is 3. The number of nitrogens with zero attached hydrogens (tertiary/aromatic N) is 2. The topological polar surface area (TPSA) is 89.9 Å². The molecular formula is C26H29N3O5. The molecule has 178 valence electrons. The Hall–Kier alpha value is -3.81. The van der Waals surface area contributed by atoms with E-state index in [2.05, 4.69) is 5.32 Å². The summed E-state index contributed by atoms with van der Waals surface area (Å²) in [5.74, 6) is -0.501. The van der Waals surface area contributed by atoms with Gasteiger partial charge in [0, 0.05) is 36.3 Å². The summed E-state index contributed by atoms with van der Waals surface area (Å²) >= 11 is 0. The number of ketones is 1. The van der Waals surface area contributed by atoms with Crippen LogP contribution >= 0.6 is 0 Å².